The van der Waals surface area contributed by atoms with Crippen LogP contribution >= 0.6 is 0 Å². The number of aromatic nitrogens is 6. The van der Waals surface area contributed by atoms with Crippen LogP contribution in [-0.4, -0.2) is 41.6 Å². The number of ether oxygens (including phenoxy) is 1. The summed E-state index contributed by atoms with van der Waals surface area (Å²) in [6.07, 6.45) is 9.54. The predicted molar refractivity (Wildman–Crippen MR) is 117 cm³/mol. The molecular formula is C23H19F2N7O. The van der Waals surface area contributed by atoms with Crippen molar-refractivity contribution in [2.24, 2.45) is 0 Å². The van der Waals surface area contributed by atoms with Crippen LogP contribution in [0.2, 0.25) is 0 Å². The van der Waals surface area contributed by atoms with Crippen LogP contribution in [0.25, 0.3) is 11.4 Å². The normalized spacial score (nSPS) is 13.2. The van der Waals surface area contributed by atoms with E-state index in [1.807, 2.05) is 23.3 Å². The average Bonchev–Trinajstić information content (AvgIpc) is 3.20. The third kappa shape index (κ3) is 4.77. The Morgan fingerprint density at radius 2 is 2.00 bits per heavy atom. The van der Waals surface area contributed by atoms with Gasteiger partial charge in [-0.25, -0.2) is 13.8 Å². The van der Waals surface area contributed by atoms with Crippen molar-refractivity contribution in [3.8, 4) is 24.0 Å². The molecule has 4 heterocycles. The number of halogens is 2. The maximum atomic E-state index is 12.8. The number of alkyl halides is 2. The number of hydrogen-bond acceptors (Lipinski definition) is 7. The zero-order valence-electron chi connectivity index (χ0n) is 17.7. The van der Waals surface area contributed by atoms with Gasteiger partial charge in [0.25, 0.3) is 6.43 Å². The van der Waals surface area contributed by atoms with E-state index in [0.717, 1.165) is 17.5 Å². The van der Waals surface area contributed by atoms with E-state index in [1.165, 1.54) is 16.8 Å². The molecule has 0 fully saturated rings. The molecule has 1 aliphatic heterocycles. The lowest BCUT2D eigenvalue weighted by Gasteiger charge is -2.22. The molecule has 0 N–H and O–H groups in total. The summed E-state index contributed by atoms with van der Waals surface area (Å²) in [5, 5.41) is 16.4. The van der Waals surface area contributed by atoms with Crippen LogP contribution in [0.1, 0.15) is 29.1 Å². The van der Waals surface area contributed by atoms with Gasteiger partial charge < -0.3 is 9.64 Å². The van der Waals surface area contributed by atoms with E-state index in [0.29, 0.717) is 35.3 Å². The van der Waals surface area contributed by atoms with Crippen molar-refractivity contribution in [1.82, 2.24) is 35.1 Å². The Bertz CT molecular complexity index is 1260. The minimum absolute atomic E-state index is 0.0868. The van der Waals surface area contributed by atoms with Crippen LogP contribution in [0, 0.1) is 19.3 Å². The second kappa shape index (κ2) is 9.40. The van der Waals surface area contributed by atoms with Gasteiger partial charge in [0.2, 0.25) is 5.88 Å². The van der Waals surface area contributed by atoms with Crippen molar-refractivity contribution in [1.29, 1.82) is 0 Å². The Hall–Kier alpha value is -4.39. The fraction of sp³-hybridized carbons (Fsp3) is 0.174. The van der Waals surface area contributed by atoms with Gasteiger partial charge in [0, 0.05) is 35.3 Å². The topological polar surface area (TPSA) is 81.9 Å². The quantitative estimate of drug-likeness (QED) is 0.512. The number of nitrogens with zero attached hydrogens (tertiary/aromatic N) is 7. The van der Waals surface area contributed by atoms with Gasteiger partial charge in [-0.15, -0.1) is 21.7 Å². The molecule has 3 aromatic rings. The molecule has 1 aliphatic rings. The highest BCUT2D eigenvalue weighted by atomic mass is 19.3. The molecule has 0 bridgehead atoms. The summed E-state index contributed by atoms with van der Waals surface area (Å²) in [5.74, 6) is 3.25. The van der Waals surface area contributed by atoms with E-state index in [-0.39, 0.29) is 12.2 Å². The van der Waals surface area contributed by atoms with E-state index in [2.05, 4.69) is 38.0 Å². The molecule has 0 radical (unpaired) electrons. The predicted octanol–water partition coefficient (Wildman–Crippen LogP) is 3.64. The van der Waals surface area contributed by atoms with Crippen LogP contribution in [0.5, 0.6) is 5.88 Å². The van der Waals surface area contributed by atoms with Gasteiger partial charge in [-0.1, -0.05) is 17.7 Å². The molecule has 0 saturated heterocycles. The lowest BCUT2D eigenvalue weighted by molar-refractivity contribution is 0.151. The maximum Gasteiger partial charge on any atom is 0.265 e. The van der Waals surface area contributed by atoms with Gasteiger partial charge in [0.05, 0.1) is 17.9 Å². The van der Waals surface area contributed by atoms with E-state index in [9.17, 15) is 8.78 Å². The molecule has 0 atom stereocenters. The van der Waals surface area contributed by atoms with E-state index in [1.54, 1.807) is 19.1 Å². The molecule has 0 amide bonds. The van der Waals surface area contributed by atoms with E-state index < -0.39 is 6.43 Å². The first-order chi connectivity index (χ1) is 16.0. The molecule has 0 saturated carbocycles. The van der Waals surface area contributed by atoms with Crippen LogP contribution in [-0.2, 0) is 6.61 Å². The lowest BCUT2D eigenvalue weighted by Crippen LogP contribution is -2.18. The lowest BCUT2D eigenvalue weighted by atomic mass is 10.1. The van der Waals surface area contributed by atoms with Crippen LogP contribution in [0.4, 0.5) is 8.78 Å². The molecule has 8 nitrogen and oxygen atoms in total. The summed E-state index contributed by atoms with van der Waals surface area (Å²) in [4.78, 5) is 5.90. The second-order valence-corrected chi connectivity index (χ2v) is 7.07. The molecular weight excluding hydrogens is 428 g/mol. The largest absolute Gasteiger partial charge is 0.470 e. The summed E-state index contributed by atoms with van der Waals surface area (Å²) in [7, 11) is 0. The van der Waals surface area contributed by atoms with Gasteiger partial charge in [0.1, 0.15) is 12.3 Å². The molecule has 0 spiro atoms. The van der Waals surface area contributed by atoms with Crippen molar-refractivity contribution in [3.05, 3.63) is 83.7 Å². The summed E-state index contributed by atoms with van der Waals surface area (Å²) in [6, 6.07) is 6.24. The third-order valence-corrected chi connectivity index (χ3v) is 4.87. The number of terminal acetylenes is 1. The Kier molecular flexibility index (Phi) is 6.22. The second-order valence-electron chi connectivity index (χ2n) is 7.07. The van der Waals surface area contributed by atoms with Crippen molar-refractivity contribution in [2.45, 2.75) is 20.0 Å². The zero-order chi connectivity index (χ0) is 23.4. The van der Waals surface area contributed by atoms with Gasteiger partial charge in [-0.2, -0.15) is 4.68 Å². The number of allylic oxidation sites excluding steroid dienone is 3. The SMILES string of the molecule is C#CCN1C=C(c2ccc(OCc3c(C)nnn3-c3ccc(C(F)F)cn3)nn2)C=CC1=C. The first kappa shape index (κ1) is 21.8. The summed E-state index contributed by atoms with van der Waals surface area (Å²) < 4.78 is 32.8. The average molecular weight is 447 g/mol. The maximum absolute atomic E-state index is 12.8. The number of hydrogen-bond donors (Lipinski definition) is 0. The Balaban J connectivity index is 1.47. The molecule has 4 rings (SSSR count). The van der Waals surface area contributed by atoms with Crippen molar-refractivity contribution in [2.75, 3.05) is 6.54 Å². The third-order valence-electron chi connectivity index (χ3n) is 4.87. The molecule has 0 unspecified atom stereocenters. The molecule has 3 aromatic heterocycles. The summed E-state index contributed by atoms with van der Waals surface area (Å²) >= 11 is 0. The molecule has 166 valence electrons. The van der Waals surface area contributed by atoms with Crippen molar-refractivity contribution >= 4 is 5.57 Å². The first-order valence-electron chi connectivity index (χ1n) is 9.87. The highest BCUT2D eigenvalue weighted by Gasteiger charge is 2.15. The monoisotopic (exact) mass is 447 g/mol. The Morgan fingerprint density at radius 3 is 2.67 bits per heavy atom. The standard InChI is InChI=1S/C23H19F2N7O/c1-4-11-31-13-18(6-5-15(31)2)19-8-10-22(29-28-19)33-14-20-16(3)27-30-32(20)21-9-7-17(12-26-21)23(24)25/h1,5-10,12-13,23H,2,11,14H2,3H3. The number of rotatable bonds is 7. The Morgan fingerprint density at radius 1 is 1.15 bits per heavy atom. The van der Waals surface area contributed by atoms with Gasteiger partial charge in [-0.3, -0.25) is 0 Å². The minimum Gasteiger partial charge on any atom is -0.470 e. The van der Waals surface area contributed by atoms with Gasteiger partial charge >= 0.3 is 0 Å². The Labute approximate surface area is 188 Å². The van der Waals surface area contributed by atoms with Gasteiger partial charge in [0.15, 0.2) is 5.82 Å². The molecule has 33 heavy (non-hydrogen) atoms. The van der Waals surface area contributed by atoms with Gasteiger partial charge in [-0.05, 0) is 37.3 Å². The molecule has 0 aliphatic carbocycles. The van der Waals surface area contributed by atoms with E-state index >= 15 is 0 Å². The highest BCUT2D eigenvalue weighted by molar-refractivity contribution is 5.73. The van der Waals surface area contributed by atoms with Crippen LogP contribution < -0.4 is 4.74 Å². The molecule has 10 heteroatoms. The smallest absolute Gasteiger partial charge is 0.265 e. The minimum atomic E-state index is -2.59. The van der Waals surface area contributed by atoms with Crippen LogP contribution in [0.3, 0.4) is 0 Å². The van der Waals surface area contributed by atoms with Crippen LogP contribution in [0.15, 0.2) is 61.1 Å². The molecule has 0 aromatic carbocycles. The zero-order valence-corrected chi connectivity index (χ0v) is 17.7. The summed E-state index contributed by atoms with van der Waals surface area (Å²) in [6.45, 7) is 6.20. The van der Waals surface area contributed by atoms with E-state index in [4.69, 9.17) is 11.2 Å². The number of aryl methyl sites for hydroxylation is 1. The van der Waals surface area contributed by atoms with Crippen molar-refractivity contribution < 1.29 is 13.5 Å². The first-order valence-corrected chi connectivity index (χ1v) is 9.87. The fourth-order valence-electron chi connectivity index (χ4n) is 3.04. The summed E-state index contributed by atoms with van der Waals surface area (Å²) in [5.41, 5.74) is 3.35. The number of pyridine rings is 1. The van der Waals surface area contributed by atoms with Crippen molar-refractivity contribution in [3.63, 3.8) is 0 Å². The highest BCUT2D eigenvalue weighted by Crippen LogP contribution is 2.23. The fourth-order valence-corrected chi connectivity index (χ4v) is 3.04.